The predicted molar refractivity (Wildman–Crippen MR) is 66.7 cm³/mol. The van der Waals surface area contributed by atoms with Gasteiger partial charge in [-0.15, -0.1) is 0 Å². The smallest absolute Gasteiger partial charge is 0.274 e. The van der Waals surface area contributed by atoms with Crippen molar-refractivity contribution in [3.8, 4) is 0 Å². The van der Waals surface area contributed by atoms with Crippen LogP contribution in [0.15, 0.2) is 12.2 Å². The summed E-state index contributed by atoms with van der Waals surface area (Å²) in [5.74, 6) is -0.0192. The summed E-state index contributed by atoms with van der Waals surface area (Å²) in [6.45, 7) is 5.85. The highest BCUT2D eigenvalue weighted by Gasteiger charge is 2.24. The normalized spacial score (nSPS) is 15.3. The second-order valence-electron chi connectivity index (χ2n) is 4.17. The summed E-state index contributed by atoms with van der Waals surface area (Å²) in [6, 6.07) is 0. The Kier molecular flexibility index (Phi) is 3.17. The fraction of sp³-hybridized carbons (Fsp3) is 0.500. The van der Waals surface area contributed by atoms with Gasteiger partial charge in [0.1, 0.15) is 5.69 Å². The number of anilines is 1. The number of nitrogens with two attached hydrogens (primary N) is 1. The lowest BCUT2D eigenvalue weighted by Gasteiger charge is -2.23. The lowest BCUT2D eigenvalue weighted by atomic mass is 10.2. The van der Waals surface area contributed by atoms with Crippen molar-refractivity contribution in [3.63, 3.8) is 0 Å². The molecule has 0 saturated carbocycles. The van der Waals surface area contributed by atoms with E-state index < -0.39 is 0 Å². The minimum Gasteiger partial charge on any atom is -0.395 e. The number of carbonyl (C=O) groups excluding carboxylic acids is 1. The molecule has 1 amide bonds. The first-order valence-electron chi connectivity index (χ1n) is 5.92. The Balaban J connectivity index is 2.32. The molecule has 1 aromatic rings. The van der Waals surface area contributed by atoms with Crippen molar-refractivity contribution in [1.82, 2.24) is 14.7 Å². The molecule has 0 aromatic carbocycles. The van der Waals surface area contributed by atoms with Gasteiger partial charge in [0.25, 0.3) is 5.91 Å². The van der Waals surface area contributed by atoms with E-state index in [0.717, 1.165) is 18.7 Å². The SMILES string of the molecule is CCn1nc(C)c(N)c1C(=O)N1CC=CCC1. The van der Waals surface area contributed by atoms with E-state index in [1.54, 1.807) is 9.58 Å². The van der Waals surface area contributed by atoms with E-state index in [0.29, 0.717) is 24.5 Å². The summed E-state index contributed by atoms with van der Waals surface area (Å²) in [6.07, 6.45) is 5.01. The second-order valence-corrected chi connectivity index (χ2v) is 4.17. The molecule has 92 valence electrons. The third-order valence-electron chi connectivity index (χ3n) is 3.02. The van der Waals surface area contributed by atoms with Crippen molar-refractivity contribution in [2.75, 3.05) is 18.8 Å². The van der Waals surface area contributed by atoms with Crippen molar-refractivity contribution in [1.29, 1.82) is 0 Å². The first-order valence-corrected chi connectivity index (χ1v) is 5.92. The molecule has 1 aromatic heterocycles. The van der Waals surface area contributed by atoms with Crippen LogP contribution in [0.1, 0.15) is 29.5 Å². The van der Waals surface area contributed by atoms with Crippen molar-refractivity contribution in [3.05, 3.63) is 23.5 Å². The Bertz CT molecular complexity index is 461. The van der Waals surface area contributed by atoms with Crippen molar-refractivity contribution in [2.45, 2.75) is 26.8 Å². The van der Waals surface area contributed by atoms with Crippen molar-refractivity contribution in [2.24, 2.45) is 0 Å². The molecule has 2 rings (SSSR count). The molecular weight excluding hydrogens is 216 g/mol. The predicted octanol–water partition coefficient (Wildman–Crippen LogP) is 1.20. The van der Waals surface area contributed by atoms with E-state index in [-0.39, 0.29) is 5.91 Å². The Morgan fingerprint density at radius 2 is 2.29 bits per heavy atom. The standard InChI is InChI=1S/C12H18N4O/c1-3-16-11(10(13)9(2)14-16)12(17)15-7-5-4-6-8-15/h4-5H,3,6-8,13H2,1-2H3. The Morgan fingerprint density at radius 3 is 2.88 bits per heavy atom. The van der Waals surface area contributed by atoms with Crippen LogP contribution in [0.5, 0.6) is 0 Å². The Morgan fingerprint density at radius 1 is 1.53 bits per heavy atom. The number of carbonyl (C=O) groups is 1. The number of nitrogen functional groups attached to an aromatic ring is 1. The molecule has 0 saturated heterocycles. The maximum Gasteiger partial charge on any atom is 0.274 e. The third kappa shape index (κ3) is 2.05. The summed E-state index contributed by atoms with van der Waals surface area (Å²) in [5.41, 5.74) is 7.70. The summed E-state index contributed by atoms with van der Waals surface area (Å²) in [5, 5.41) is 4.27. The molecule has 0 bridgehead atoms. The molecule has 0 aliphatic carbocycles. The third-order valence-corrected chi connectivity index (χ3v) is 3.02. The maximum absolute atomic E-state index is 12.4. The van der Waals surface area contributed by atoms with E-state index >= 15 is 0 Å². The first-order chi connectivity index (χ1) is 8.15. The Labute approximate surface area is 101 Å². The van der Waals surface area contributed by atoms with Crippen LogP contribution in [-0.4, -0.2) is 33.7 Å². The van der Waals surface area contributed by atoms with Gasteiger partial charge in [0.05, 0.1) is 11.4 Å². The van der Waals surface area contributed by atoms with Crippen molar-refractivity contribution >= 4 is 11.6 Å². The van der Waals surface area contributed by atoms with Gasteiger partial charge in [-0.1, -0.05) is 12.2 Å². The number of rotatable bonds is 2. The van der Waals surface area contributed by atoms with Gasteiger partial charge in [0.15, 0.2) is 0 Å². The van der Waals surface area contributed by atoms with Crippen LogP contribution < -0.4 is 5.73 Å². The van der Waals surface area contributed by atoms with Gasteiger partial charge >= 0.3 is 0 Å². The number of aromatic nitrogens is 2. The molecular formula is C12H18N4O. The van der Waals surface area contributed by atoms with Gasteiger partial charge in [-0.25, -0.2) is 0 Å². The lowest BCUT2D eigenvalue weighted by Crippen LogP contribution is -2.35. The topological polar surface area (TPSA) is 64.2 Å². The summed E-state index contributed by atoms with van der Waals surface area (Å²) in [7, 11) is 0. The highest BCUT2D eigenvalue weighted by Crippen LogP contribution is 2.19. The number of aryl methyl sites for hydroxylation is 2. The average molecular weight is 234 g/mol. The zero-order valence-electron chi connectivity index (χ0n) is 10.3. The fourth-order valence-electron chi connectivity index (χ4n) is 2.03. The summed E-state index contributed by atoms with van der Waals surface area (Å²) >= 11 is 0. The number of hydrogen-bond donors (Lipinski definition) is 1. The van der Waals surface area contributed by atoms with E-state index in [1.807, 2.05) is 19.9 Å². The molecule has 0 radical (unpaired) electrons. The molecule has 0 spiro atoms. The van der Waals surface area contributed by atoms with Gasteiger partial charge in [-0.2, -0.15) is 5.10 Å². The molecule has 5 heteroatoms. The van der Waals surface area contributed by atoms with Crippen LogP contribution in [0.4, 0.5) is 5.69 Å². The van der Waals surface area contributed by atoms with Crippen molar-refractivity contribution < 1.29 is 4.79 Å². The Hall–Kier alpha value is -1.78. The molecule has 0 fully saturated rings. The zero-order chi connectivity index (χ0) is 12.4. The lowest BCUT2D eigenvalue weighted by molar-refractivity contribution is 0.0760. The van der Waals surface area contributed by atoms with E-state index in [1.165, 1.54) is 0 Å². The van der Waals surface area contributed by atoms with Gasteiger partial charge in [0, 0.05) is 19.6 Å². The van der Waals surface area contributed by atoms with Crippen LogP contribution in [0.2, 0.25) is 0 Å². The van der Waals surface area contributed by atoms with E-state index in [2.05, 4.69) is 11.2 Å². The largest absolute Gasteiger partial charge is 0.395 e. The summed E-state index contributed by atoms with van der Waals surface area (Å²) in [4.78, 5) is 14.2. The van der Waals surface area contributed by atoms with Crippen LogP contribution in [-0.2, 0) is 6.54 Å². The molecule has 1 aliphatic rings. The van der Waals surface area contributed by atoms with E-state index in [9.17, 15) is 4.79 Å². The first kappa shape index (κ1) is 11.7. The van der Waals surface area contributed by atoms with Crippen LogP contribution in [0.25, 0.3) is 0 Å². The monoisotopic (exact) mass is 234 g/mol. The minimum atomic E-state index is -0.0192. The molecule has 1 aliphatic heterocycles. The quantitative estimate of drug-likeness (QED) is 0.782. The summed E-state index contributed by atoms with van der Waals surface area (Å²) < 4.78 is 1.69. The maximum atomic E-state index is 12.4. The number of amides is 1. The minimum absolute atomic E-state index is 0.0192. The van der Waals surface area contributed by atoms with Crippen LogP contribution in [0.3, 0.4) is 0 Å². The number of hydrogen-bond acceptors (Lipinski definition) is 3. The molecule has 2 N–H and O–H groups in total. The van der Waals surface area contributed by atoms with Gasteiger partial charge in [0.2, 0.25) is 0 Å². The van der Waals surface area contributed by atoms with Gasteiger partial charge in [-0.3, -0.25) is 9.48 Å². The second kappa shape index (κ2) is 4.61. The van der Waals surface area contributed by atoms with E-state index in [4.69, 9.17) is 5.73 Å². The zero-order valence-corrected chi connectivity index (χ0v) is 10.3. The van der Waals surface area contributed by atoms with Gasteiger partial charge in [-0.05, 0) is 20.3 Å². The van der Waals surface area contributed by atoms with Gasteiger partial charge < -0.3 is 10.6 Å². The average Bonchev–Trinajstić information content (AvgIpc) is 2.65. The molecule has 17 heavy (non-hydrogen) atoms. The molecule has 5 nitrogen and oxygen atoms in total. The molecule has 2 heterocycles. The van der Waals surface area contributed by atoms with Crippen LogP contribution in [0, 0.1) is 6.92 Å². The highest BCUT2D eigenvalue weighted by molar-refractivity contribution is 5.98. The van der Waals surface area contributed by atoms with Crippen LogP contribution >= 0.6 is 0 Å². The fourth-order valence-corrected chi connectivity index (χ4v) is 2.03. The number of nitrogens with zero attached hydrogens (tertiary/aromatic N) is 3. The molecule has 0 atom stereocenters. The highest BCUT2D eigenvalue weighted by atomic mass is 16.2. The molecule has 0 unspecified atom stereocenters.